The molecule has 2 aromatic heterocycles. The molecule has 0 unspecified atom stereocenters. The normalized spacial score (nSPS) is 10.7. The summed E-state index contributed by atoms with van der Waals surface area (Å²) >= 11 is 7.34. The first kappa shape index (κ1) is 18.4. The van der Waals surface area contributed by atoms with Crippen molar-refractivity contribution >= 4 is 28.8 Å². The molecule has 0 aliphatic rings. The Labute approximate surface area is 161 Å². The SMILES string of the molecule is CN(Cc1cnn(C)c1)C(=O)Cc1csc(COc2ccc(Cl)cc2)n1. The number of benzene rings is 1. The average molecular weight is 391 g/mol. The summed E-state index contributed by atoms with van der Waals surface area (Å²) < 4.78 is 7.40. The summed E-state index contributed by atoms with van der Waals surface area (Å²) in [6.07, 6.45) is 3.94. The van der Waals surface area contributed by atoms with Gasteiger partial charge in [-0.3, -0.25) is 9.48 Å². The minimum absolute atomic E-state index is 0.0179. The Morgan fingerprint density at radius 2 is 2.12 bits per heavy atom. The highest BCUT2D eigenvalue weighted by Crippen LogP contribution is 2.18. The van der Waals surface area contributed by atoms with E-state index in [4.69, 9.17) is 16.3 Å². The van der Waals surface area contributed by atoms with Crippen LogP contribution in [0.5, 0.6) is 5.75 Å². The van der Waals surface area contributed by atoms with Crippen molar-refractivity contribution < 1.29 is 9.53 Å². The Balaban J connectivity index is 1.50. The average Bonchev–Trinajstić information content (AvgIpc) is 3.23. The van der Waals surface area contributed by atoms with Crippen LogP contribution >= 0.6 is 22.9 Å². The van der Waals surface area contributed by atoms with Gasteiger partial charge in [0.15, 0.2) is 0 Å². The monoisotopic (exact) mass is 390 g/mol. The standard InChI is InChI=1S/C18H19ClN4O2S/c1-22(9-13-8-20-23(2)10-13)18(24)7-15-12-26-17(21-15)11-25-16-5-3-14(19)4-6-16/h3-6,8,10,12H,7,9,11H2,1-2H3. The van der Waals surface area contributed by atoms with Crippen LogP contribution in [0, 0.1) is 0 Å². The van der Waals surface area contributed by atoms with Gasteiger partial charge in [-0.05, 0) is 24.3 Å². The molecule has 1 aromatic carbocycles. The van der Waals surface area contributed by atoms with Crippen molar-refractivity contribution in [3.63, 3.8) is 0 Å². The van der Waals surface area contributed by atoms with Crippen molar-refractivity contribution in [2.75, 3.05) is 7.05 Å². The third kappa shape index (κ3) is 5.06. The first-order valence-electron chi connectivity index (χ1n) is 8.03. The maximum absolute atomic E-state index is 12.4. The Morgan fingerprint density at radius 1 is 1.35 bits per heavy atom. The van der Waals surface area contributed by atoms with Gasteiger partial charge in [0, 0.05) is 42.8 Å². The summed E-state index contributed by atoms with van der Waals surface area (Å²) in [5, 5.41) is 7.51. The van der Waals surface area contributed by atoms with E-state index >= 15 is 0 Å². The molecule has 8 heteroatoms. The van der Waals surface area contributed by atoms with Crippen molar-refractivity contribution in [2.24, 2.45) is 7.05 Å². The van der Waals surface area contributed by atoms with E-state index in [9.17, 15) is 4.79 Å². The van der Waals surface area contributed by atoms with Gasteiger partial charge in [-0.25, -0.2) is 4.98 Å². The van der Waals surface area contributed by atoms with Crippen molar-refractivity contribution in [3.8, 4) is 5.75 Å². The number of carbonyl (C=O) groups is 1. The molecule has 0 saturated carbocycles. The van der Waals surface area contributed by atoms with E-state index in [0.29, 0.717) is 18.2 Å². The molecule has 0 aliphatic heterocycles. The quantitative estimate of drug-likeness (QED) is 0.621. The van der Waals surface area contributed by atoms with E-state index < -0.39 is 0 Å². The largest absolute Gasteiger partial charge is 0.486 e. The molecule has 0 fully saturated rings. The second-order valence-electron chi connectivity index (χ2n) is 5.92. The molecule has 0 spiro atoms. The predicted molar refractivity (Wildman–Crippen MR) is 101 cm³/mol. The first-order valence-corrected chi connectivity index (χ1v) is 9.28. The van der Waals surface area contributed by atoms with Crippen molar-refractivity contribution in [2.45, 2.75) is 19.6 Å². The Morgan fingerprint density at radius 3 is 2.81 bits per heavy atom. The van der Waals surface area contributed by atoms with Crippen molar-refractivity contribution in [1.82, 2.24) is 19.7 Å². The Kier molecular flexibility index (Phi) is 5.90. The number of rotatable bonds is 7. The van der Waals surface area contributed by atoms with Crippen LogP contribution in [0.3, 0.4) is 0 Å². The second kappa shape index (κ2) is 8.33. The summed E-state index contributed by atoms with van der Waals surface area (Å²) in [5.74, 6) is 0.753. The lowest BCUT2D eigenvalue weighted by Crippen LogP contribution is -2.27. The minimum atomic E-state index is 0.0179. The molecule has 1 amide bonds. The fourth-order valence-corrected chi connectivity index (χ4v) is 3.21. The third-order valence-electron chi connectivity index (χ3n) is 3.71. The van der Waals surface area contributed by atoms with Gasteiger partial charge in [-0.15, -0.1) is 11.3 Å². The molecule has 3 aromatic rings. The van der Waals surface area contributed by atoms with E-state index in [2.05, 4.69) is 10.1 Å². The van der Waals surface area contributed by atoms with Crippen LogP contribution in [-0.4, -0.2) is 32.6 Å². The highest BCUT2D eigenvalue weighted by Gasteiger charge is 2.13. The van der Waals surface area contributed by atoms with Gasteiger partial charge in [0.2, 0.25) is 5.91 Å². The maximum atomic E-state index is 12.4. The van der Waals surface area contributed by atoms with Gasteiger partial charge >= 0.3 is 0 Å². The highest BCUT2D eigenvalue weighted by molar-refractivity contribution is 7.09. The second-order valence-corrected chi connectivity index (χ2v) is 7.30. The number of likely N-dealkylation sites (N-methyl/N-ethyl adjacent to an activating group) is 1. The third-order valence-corrected chi connectivity index (χ3v) is 4.83. The molecule has 0 saturated heterocycles. The van der Waals surface area contributed by atoms with Crippen molar-refractivity contribution in [1.29, 1.82) is 0 Å². The van der Waals surface area contributed by atoms with Gasteiger partial charge in [0.1, 0.15) is 17.4 Å². The minimum Gasteiger partial charge on any atom is -0.486 e. The molecular weight excluding hydrogens is 372 g/mol. The predicted octanol–water partition coefficient (Wildman–Crippen LogP) is 3.31. The van der Waals surface area contributed by atoms with E-state index in [0.717, 1.165) is 22.0 Å². The molecular formula is C18H19ClN4O2S. The summed E-state index contributed by atoms with van der Waals surface area (Å²) in [4.78, 5) is 18.5. The number of ether oxygens (including phenoxy) is 1. The van der Waals surface area contributed by atoms with Gasteiger partial charge in [0.25, 0.3) is 0 Å². The lowest BCUT2D eigenvalue weighted by Gasteiger charge is -2.15. The molecule has 2 heterocycles. The lowest BCUT2D eigenvalue weighted by molar-refractivity contribution is -0.129. The van der Waals surface area contributed by atoms with Gasteiger partial charge in [-0.2, -0.15) is 5.10 Å². The van der Waals surface area contributed by atoms with Crippen LogP contribution in [0.25, 0.3) is 0 Å². The zero-order valence-electron chi connectivity index (χ0n) is 14.6. The molecule has 0 N–H and O–H groups in total. The first-order chi connectivity index (χ1) is 12.5. The fourth-order valence-electron chi connectivity index (χ4n) is 2.38. The smallest absolute Gasteiger partial charge is 0.228 e. The van der Waals surface area contributed by atoms with E-state index in [-0.39, 0.29) is 12.3 Å². The van der Waals surface area contributed by atoms with Gasteiger partial charge < -0.3 is 9.64 Å². The molecule has 0 bridgehead atoms. The molecule has 3 rings (SSSR count). The number of aromatic nitrogens is 3. The Hall–Kier alpha value is -2.38. The molecule has 6 nitrogen and oxygen atoms in total. The maximum Gasteiger partial charge on any atom is 0.228 e. The fraction of sp³-hybridized carbons (Fsp3) is 0.278. The van der Waals surface area contributed by atoms with E-state index in [1.54, 1.807) is 35.0 Å². The topological polar surface area (TPSA) is 60.2 Å². The molecule has 0 radical (unpaired) electrons. The highest BCUT2D eigenvalue weighted by atomic mass is 35.5. The van der Waals surface area contributed by atoms with Gasteiger partial charge in [-0.1, -0.05) is 11.6 Å². The number of hydrogen-bond acceptors (Lipinski definition) is 5. The van der Waals surface area contributed by atoms with E-state index in [1.807, 2.05) is 30.8 Å². The number of halogens is 1. The number of aryl methyl sites for hydroxylation is 1. The molecule has 136 valence electrons. The van der Waals surface area contributed by atoms with Crippen LogP contribution in [0.4, 0.5) is 0 Å². The molecule has 0 atom stereocenters. The van der Waals surface area contributed by atoms with Crippen LogP contribution < -0.4 is 4.74 Å². The number of nitrogens with zero attached hydrogens (tertiary/aromatic N) is 4. The van der Waals surface area contributed by atoms with Crippen LogP contribution in [-0.2, 0) is 31.4 Å². The lowest BCUT2D eigenvalue weighted by atomic mass is 10.2. The summed E-state index contributed by atoms with van der Waals surface area (Å²) in [6, 6.07) is 7.18. The van der Waals surface area contributed by atoms with Crippen LogP contribution in [0.1, 0.15) is 16.3 Å². The zero-order valence-corrected chi connectivity index (χ0v) is 16.1. The number of thiazole rings is 1. The van der Waals surface area contributed by atoms with Crippen molar-refractivity contribution in [3.05, 3.63) is 63.3 Å². The van der Waals surface area contributed by atoms with Gasteiger partial charge in [0.05, 0.1) is 18.3 Å². The summed E-state index contributed by atoms with van der Waals surface area (Å²) in [6.45, 7) is 0.898. The van der Waals surface area contributed by atoms with E-state index in [1.165, 1.54) is 11.3 Å². The number of hydrogen-bond donors (Lipinski definition) is 0. The number of carbonyl (C=O) groups excluding carboxylic acids is 1. The molecule has 0 aliphatic carbocycles. The summed E-state index contributed by atoms with van der Waals surface area (Å²) in [7, 11) is 3.64. The van der Waals surface area contributed by atoms with Crippen LogP contribution in [0.15, 0.2) is 42.0 Å². The zero-order chi connectivity index (χ0) is 18.5. The van der Waals surface area contributed by atoms with Crippen LogP contribution in [0.2, 0.25) is 5.02 Å². The summed E-state index contributed by atoms with van der Waals surface area (Å²) in [5.41, 5.74) is 1.76. The number of amides is 1. The Bertz CT molecular complexity index is 875. The molecule has 26 heavy (non-hydrogen) atoms.